The Bertz CT molecular complexity index is 500. The minimum atomic E-state index is 0.595. The van der Waals surface area contributed by atoms with Gasteiger partial charge in [-0.1, -0.05) is 25.1 Å². The lowest BCUT2D eigenvalue weighted by molar-refractivity contribution is 0.508. The van der Waals surface area contributed by atoms with Gasteiger partial charge in [0.05, 0.1) is 0 Å². The van der Waals surface area contributed by atoms with Gasteiger partial charge in [0.15, 0.2) is 0 Å². The molecule has 2 rings (SSSR count). The molecule has 0 saturated heterocycles. The standard InChI is InChI=1S/C17H26N2/c1-5-12-18-13(2)10-11-16-14(3)15-8-6-7-9-17(15)19(16)4/h6-9,13,18H,5,10-12H2,1-4H3. The predicted octanol–water partition coefficient (Wildman–Crippen LogP) is 3.81. The van der Waals surface area contributed by atoms with Gasteiger partial charge in [0, 0.05) is 29.7 Å². The largest absolute Gasteiger partial charge is 0.347 e. The molecule has 1 heterocycles. The molecule has 1 aromatic carbocycles. The lowest BCUT2D eigenvalue weighted by Gasteiger charge is -2.14. The van der Waals surface area contributed by atoms with Crippen molar-refractivity contribution < 1.29 is 0 Å². The number of aromatic nitrogens is 1. The molecule has 0 aliphatic rings. The number of fused-ring (bicyclic) bond motifs is 1. The summed E-state index contributed by atoms with van der Waals surface area (Å²) in [4.78, 5) is 0. The van der Waals surface area contributed by atoms with Crippen LogP contribution in [0, 0.1) is 6.92 Å². The maximum Gasteiger partial charge on any atom is 0.0482 e. The first kappa shape index (κ1) is 14.1. The van der Waals surface area contributed by atoms with Gasteiger partial charge in [0.1, 0.15) is 0 Å². The first-order valence-corrected chi connectivity index (χ1v) is 7.41. The molecule has 19 heavy (non-hydrogen) atoms. The van der Waals surface area contributed by atoms with Crippen molar-refractivity contribution in [3.05, 3.63) is 35.5 Å². The molecule has 2 heteroatoms. The van der Waals surface area contributed by atoms with Gasteiger partial charge in [-0.05, 0) is 51.3 Å². The van der Waals surface area contributed by atoms with E-state index in [1.54, 1.807) is 0 Å². The fraction of sp³-hybridized carbons (Fsp3) is 0.529. The van der Waals surface area contributed by atoms with E-state index >= 15 is 0 Å². The summed E-state index contributed by atoms with van der Waals surface area (Å²) >= 11 is 0. The highest BCUT2D eigenvalue weighted by molar-refractivity contribution is 5.85. The summed E-state index contributed by atoms with van der Waals surface area (Å²) in [5.74, 6) is 0. The SMILES string of the molecule is CCCNC(C)CCc1c(C)c2ccccc2n1C. The molecule has 1 atom stereocenters. The summed E-state index contributed by atoms with van der Waals surface area (Å²) in [6.07, 6.45) is 3.55. The Kier molecular flexibility index (Phi) is 4.65. The number of hydrogen-bond acceptors (Lipinski definition) is 1. The van der Waals surface area contributed by atoms with Crippen molar-refractivity contribution in [3.63, 3.8) is 0 Å². The topological polar surface area (TPSA) is 17.0 Å². The second-order valence-electron chi connectivity index (χ2n) is 5.54. The van der Waals surface area contributed by atoms with Crippen LogP contribution in [0.4, 0.5) is 0 Å². The molecule has 0 spiro atoms. The molecule has 0 fully saturated rings. The van der Waals surface area contributed by atoms with E-state index in [-0.39, 0.29) is 0 Å². The van der Waals surface area contributed by atoms with Crippen LogP contribution < -0.4 is 5.32 Å². The van der Waals surface area contributed by atoms with E-state index in [4.69, 9.17) is 0 Å². The van der Waals surface area contributed by atoms with Crippen molar-refractivity contribution in [3.8, 4) is 0 Å². The van der Waals surface area contributed by atoms with Crippen LogP contribution >= 0.6 is 0 Å². The van der Waals surface area contributed by atoms with E-state index in [9.17, 15) is 0 Å². The quantitative estimate of drug-likeness (QED) is 0.833. The Hall–Kier alpha value is -1.28. The third kappa shape index (κ3) is 3.01. The van der Waals surface area contributed by atoms with Gasteiger partial charge in [0.25, 0.3) is 0 Å². The van der Waals surface area contributed by atoms with Crippen molar-refractivity contribution in [2.75, 3.05) is 6.54 Å². The highest BCUT2D eigenvalue weighted by atomic mass is 15.0. The van der Waals surface area contributed by atoms with Gasteiger partial charge in [-0.2, -0.15) is 0 Å². The fourth-order valence-electron chi connectivity index (χ4n) is 2.84. The fourth-order valence-corrected chi connectivity index (χ4v) is 2.84. The van der Waals surface area contributed by atoms with Crippen LogP contribution in [-0.4, -0.2) is 17.2 Å². The Labute approximate surface area is 116 Å². The van der Waals surface area contributed by atoms with E-state index in [1.165, 1.54) is 35.0 Å². The van der Waals surface area contributed by atoms with Crippen molar-refractivity contribution in [1.82, 2.24) is 9.88 Å². The maximum atomic E-state index is 3.57. The zero-order chi connectivity index (χ0) is 13.8. The van der Waals surface area contributed by atoms with Crippen molar-refractivity contribution in [2.45, 2.75) is 46.1 Å². The van der Waals surface area contributed by atoms with Gasteiger partial charge in [-0.15, -0.1) is 0 Å². The van der Waals surface area contributed by atoms with E-state index < -0.39 is 0 Å². The van der Waals surface area contributed by atoms with Crippen LogP contribution in [-0.2, 0) is 13.5 Å². The number of aryl methyl sites for hydroxylation is 2. The lowest BCUT2D eigenvalue weighted by atomic mass is 10.1. The molecule has 1 unspecified atom stereocenters. The van der Waals surface area contributed by atoms with Gasteiger partial charge in [-0.3, -0.25) is 0 Å². The smallest absolute Gasteiger partial charge is 0.0482 e. The Morgan fingerprint density at radius 2 is 2.00 bits per heavy atom. The predicted molar refractivity (Wildman–Crippen MR) is 83.7 cm³/mol. The number of para-hydroxylation sites is 1. The number of nitrogens with zero attached hydrogens (tertiary/aromatic N) is 1. The zero-order valence-electron chi connectivity index (χ0n) is 12.7. The summed E-state index contributed by atoms with van der Waals surface area (Å²) in [5.41, 5.74) is 4.27. The van der Waals surface area contributed by atoms with Crippen molar-refractivity contribution >= 4 is 10.9 Å². The monoisotopic (exact) mass is 258 g/mol. The summed E-state index contributed by atoms with van der Waals surface area (Å²) in [6, 6.07) is 9.29. The molecule has 2 aromatic rings. The van der Waals surface area contributed by atoms with Crippen LogP contribution in [0.25, 0.3) is 10.9 Å². The van der Waals surface area contributed by atoms with Crippen LogP contribution in [0.15, 0.2) is 24.3 Å². The molecular formula is C17H26N2. The number of nitrogens with one attached hydrogen (secondary N) is 1. The maximum absolute atomic E-state index is 3.57. The molecule has 0 bridgehead atoms. The first-order chi connectivity index (χ1) is 9.15. The average Bonchev–Trinajstić information content (AvgIpc) is 2.67. The zero-order valence-corrected chi connectivity index (χ0v) is 12.7. The molecule has 1 aromatic heterocycles. The molecule has 0 saturated carbocycles. The molecule has 1 N–H and O–H groups in total. The second-order valence-corrected chi connectivity index (χ2v) is 5.54. The van der Waals surface area contributed by atoms with Gasteiger partial charge < -0.3 is 9.88 Å². The summed E-state index contributed by atoms with van der Waals surface area (Å²) in [5, 5.41) is 4.96. The lowest BCUT2D eigenvalue weighted by Crippen LogP contribution is -2.27. The summed E-state index contributed by atoms with van der Waals surface area (Å²) in [7, 11) is 2.19. The Morgan fingerprint density at radius 1 is 1.26 bits per heavy atom. The van der Waals surface area contributed by atoms with Crippen LogP contribution in [0.3, 0.4) is 0 Å². The van der Waals surface area contributed by atoms with Crippen LogP contribution in [0.1, 0.15) is 37.9 Å². The number of benzene rings is 1. The van der Waals surface area contributed by atoms with Crippen LogP contribution in [0.5, 0.6) is 0 Å². The molecule has 104 valence electrons. The summed E-state index contributed by atoms with van der Waals surface area (Å²) < 4.78 is 2.36. The molecule has 2 nitrogen and oxygen atoms in total. The highest BCUT2D eigenvalue weighted by Gasteiger charge is 2.11. The highest BCUT2D eigenvalue weighted by Crippen LogP contribution is 2.25. The third-order valence-corrected chi connectivity index (χ3v) is 4.06. The van der Waals surface area contributed by atoms with Crippen molar-refractivity contribution in [2.24, 2.45) is 7.05 Å². The van der Waals surface area contributed by atoms with Gasteiger partial charge >= 0.3 is 0 Å². The Morgan fingerprint density at radius 3 is 2.68 bits per heavy atom. The van der Waals surface area contributed by atoms with E-state index in [0.717, 1.165) is 13.0 Å². The molecule has 0 aliphatic carbocycles. The van der Waals surface area contributed by atoms with E-state index in [1.807, 2.05) is 0 Å². The van der Waals surface area contributed by atoms with E-state index in [0.29, 0.717) is 6.04 Å². The number of hydrogen-bond donors (Lipinski definition) is 1. The van der Waals surface area contributed by atoms with Gasteiger partial charge in [0.2, 0.25) is 0 Å². The summed E-state index contributed by atoms with van der Waals surface area (Å²) in [6.45, 7) is 7.87. The van der Waals surface area contributed by atoms with Crippen LogP contribution in [0.2, 0.25) is 0 Å². The van der Waals surface area contributed by atoms with Gasteiger partial charge in [-0.25, -0.2) is 0 Å². The molecule has 0 amide bonds. The first-order valence-electron chi connectivity index (χ1n) is 7.41. The number of rotatable bonds is 6. The minimum absolute atomic E-state index is 0.595. The average molecular weight is 258 g/mol. The van der Waals surface area contributed by atoms with E-state index in [2.05, 4.69) is 62.0 Å². The molecule has 0 aliphatic heterocycles. The minimum Gasteiger partial charge on any atom is -0.347 e. The second kappa shape index (κ2) is 6.25. The third-order valence-electron chi connectivity index (χ3n) is 4.06. The molecular weight excluding hydrogens is 232 g/mol. The normalized spacial score (nSPS) is 13.1. The molecule has 0 radical (unpaired) electrons. The van der Waals surface area contributed by atoms with Crippen molar-refractivity contribution in [1.29, 1.82) is 0 Å². The Balaban J connectivity index is 2.12.